The molecule has 0 aliphatic heterocycles. The molecule has 0 aliphatic carbocycles. The molecule has 1 rings (SSSR count). The summed E-state index contributed by atoms with van der Waals surface area (Å²) < 4.78 is 5.32. The first kappa shape index (κ1) is 15.5. The van der Waals surface area contributed by atoms with Gasteiger partial charge in [-0.2, -0.15) is 0 Å². The fourth-order valence-electron chi connectivity index (χ4n) is 2.31. The van der Waals surface area contributed by atoms with Crippen LogP contribution in [0.15, 0.2) is 18.2 Å². The number of likely N-dealkylation sites (N-methyl/N-ethyl adjacent to an activating group) is 1. The highest BCUT2D eigenvalue weighted by Crippen LogP contribution is 2.22. The van der Waals surface area contributed by atoms with Crippen LogP contribution in [0.4, 0.5) is 0 Å². The van der Waals surface area contributed by atoms with Crippen molar-refractivity contribution in [3.05, 3.63) is 29.3 Å². The fraction of sp³-hybridized carbons (Fsp3) is 0.533. The zero-order valence-corrected chi connectivity index (χ0v) is 12.1. The van der Waals surface area contributed by atoms with Crippen LogP contribution in [0.2, 0.25) is 0 Å². The molecule has 0 fully saturated rings. The zero-order chi connectivity index (χ0) is 14.4. The number of hydrogen-bond acceptors (Lipinski definition) is 3. The lowest BCUT2D eigenvalue weighted by molar-refractivity contribution is -0.143. The Morgan fingerprint density at radius 1 is 1.37 bits per heavy atom. The van der Waals surface area contributed by atoms with E-state index in [1.165, 1.54) is 0 Å². The zero-order valence-electron chi connectivity index (χ0n) is 12.1. The molecule has 106 valence electrons. The fourth-order valence-corrected chi connectivity index (χ4v) is 2.31. The highest BCUT2D eigenvalue weighted by molar-refractivity contribution is 5.74. The average molecular weight is 265 g/mol. The molecule has 0 spiro atoms. The predicted octanol–water partition coefficient (Wildman–Crippen LogP) is 2.34. The first-order chi connectivity index (χ1) is 9.03. The summed E-state index contributed by atoms with van der Waals surface area (Å²) in [4.78, 5) is 13.4. The van der Waals surface area contributed by atoms with E-state index in [2.05, 4.69) is 0 Å². The van der Waals surface area contributed by atoms with E-state index in [0.717, 1.165) is 30.0 Å². The van der Waals surface area contributed by atoms with Crippen LogP contribution in [-0.2, 0) is 11.2 Å². The summed E-state index contributed by atoms with van der Waals surface area (Å²) in [5, 5.41) is 9.42. The number of aryl methyl sites for hydroxylation is 1. The van der Waals surface area contributed by atoms with Crippen LogP contribution < -0.4 is 4.74 Å². The Labute approximate surface area is 115 Å². The summed E-state index contributed by atoms with van der Waals surface area (Å²) in [6, 6.07) is 5.35. The van der Waals surface area contributed by atoms with Crippen LogP contribution in [-0.4, -0.2) is 42.2 Å². The molecule has 0 saturated carbocycles. The molecule has 0 amide bonds. The van der Waals surface area contributed by atoms with Gasteiger partial charge in [-0.25, -0.2) is 0 Å². The van der Waals surface area contributed by atoms with Gasteiger partial charge in [0.15, 0.2) is 0 Å². The van der Waals surface area contributed by atoms with Crippen molar-refractivity contribution in [3.63, 3.8) is 0 Å². The van der Waals surface area contributed by atoms with Gasteiger partial charge in [0.2, 0.25) is 0 Å². The van der Waals surface area contributed by atoms with Crippen LogP contribution in [0.3, 0.4) is 0 Å². The number of ether oxygens (including phenoxy) is 1. The second-order valence-corrected chi connectivity index (χ2v) is 4.59. The molecule has 4 nitrogen and oxygen atoms in total. The van der Waals surface area contributed by atoms with Crippen LogP contribution in [0.25, 0.3) is 0 Å². The van der Waals surface area contributed by atoms with E-state index >= 15 is 0 Å². The molecule has 0 heterocycles. The summed E-state index contributed by atoms with van der Waals surface area (Å²) in [5.41, 5.74) is 2.06. The minimum absolute atomic E-state index is 0.460. The molecule has 0 radical (unpaired) electrons. The van der Waals surface area contributed by atoms with E-state index in [1.807, 2.05) is 43.9 Å². The SMILES string of the molecule is CCN(CC)[C@H](Cc1cc(C)ccc1OC)C(=O)O. The van der Waals surface area contributed by atoms with Crippen molar-refractivity contribution in [2.45, 2.75) is 33.2 Å². The lowest BCUT2D eigenvalue weighted by atomic mass is 10.0. The third-order valence-electron chi connectivity index (χ3n) is 3.39. The standard InChI is InChI=1S/C15H23NO3/c1-5-16(6-2)13(15(17)18)10-12-9-11(3)7-8-14(12)19-4/h7-9,13H,5-6,10H2,1-4H3,(H,17,18)/t13-/m1/s1. The smallest absolute Gasteiger partial charge is 0.321 e. The molecule has 0 aromatic heterocycles. The first-order valence-electron chi connectivity index (χ1n) is 6.63. The number of carbonyl (C=O) groups is 1. The average Bonchev–Trinajstić information content (AvgIpc) is 2.39. The van der Waals surface area contributed by atoms with Gasteiger partial charge in [0.05, 0.1) is 7.11 Å². The number of benzene rings is 1. The molecule has 0 bridgehead atoms. The van der Waals surface area contributed by atoms with Crippen molar-refractivity contribution < 1.29 is 14.6 Å². The predicted molar refractivity (Wildman–Crippen MR) is 75.8 cm³/mol. The molecule has 1 atom stereocenters. The van der Waals surface area contributed by atoms with Crippen molar-refractivity contribution in [1.29, 1.82) is 0 Å². The Hall–Kier alpha value is -1.55. The molecule has 19 heavy (non-hydrogen) atoms. The van der Waals surface area contributed by atoms with Gasteiger partial charge in [-0.3, -0.25) is 9.69 Å². The van der Waals surface area contributed by atoms with Gasteiger partial charge in [-0.05, 0) is 31.6 Å². The van der Waals surface area contributed by atoms with E-state index in [1.54, 1.807) is 7.11 Å². The van der Waals surface area contributed by atoms with Gasteiger partial charge in [0.1, 0.15) is 11.8 Å². The van der Waals surface area contributed by atoms with Crippen LogP contribution in [0.5, 0.6) is 5.75 Å². The van der Waals surface area contributed by atoms with Crippen molar-refractivity contribution in [2.24, 2.45) is 0 Å². The first-order valence-corrected chi connectivity index (χ1v) is 6.63. The molecule has 4 heteroatoms. The van der Waals surface area contributed by atoms with Gasteiger partial charge < -0.3 is 9.84 Å². The lowest BCUT2D eigenvalue weighted by Crippen LogP contribution is -2.42. The van der Waals surface area contributed by atoms with Gasteiger partial charge in [-0.15, -0.1) is 0 Å². The molecule has 0 unspecified atom stereocenters. The molecule has 0 aliphatic rings. The Balaban J connectivity index is 3.02. The topological polar surface area (TPSA) is 49.8 Å². The van der Waals surface area contributed by atoms with Gasteiger partial charge >= 0.3 is 5.97 Å². The van der Waals surface area contributed by atoms with Gasteiger partial charge in [0.25, 0.3) is 0 Å². The monoisotopic (exact) mass is 265 g/mol. The summed E-state index contributed by atoms with van der Waals surface area (Å²) >= 11 is 0. The van der Waals surface area contributed by atoms with E-state index in [4.69, 9.17) is 4.74 Å². The third-order valence-corrected chi connectivity index (χ3v) is 3.39. The number of methoxy groups -OCH3 is 1. The van der Waals surface area contributed by atoms with Crippen LogP contribution >= 0.6 is 0 Å². The van der Waals surface area contributed by atoms with Gasteiger partial charge in [0, 0.05) is 6.42 Å². The van der Waals surface area contributed by atoms with Crippen LogP contribution in [0, 0.1) is 6.92 Å². The van der Waals surface area contributed by atoms with E-state index in [0.29, 0.717) is 6.42 Å². The number of nitrogens with zero attached hydrogens (tertiary/aromatic N) is 1. The second-order valence-electron chi connectivity index (χ2n) is 4.59. The highest BCUT2D eigenvalue weighted by Gasteiger charge is 2.24. The van der Waals surface area contributed by atoms with Crippen LogP contribution in [0.1, 0.15) is 25.0 Å². The maximum Gasteiger partial charge on any atom is 0.321 e. The molecule has 1 aromatic rings. The summed E-state index contributed by atoms with van der Waals surface area (Å²) in [7, 11) is 1.61. The minimum Gasteiger partial charge on any atom is -0.496 e. The molecule has 1 aromatic carbocycles. The van der Waals surface area contributed by atoms with Crippen molar-refractivity contribution >= 4 is 5.97 Å². The number of hydrogen-bond donors (Lipinski definition) is 1. The van der Waals surface area contributed by atoms with E-state index in [-0.39, 0.29) is 0 Å². The van der Waals surface area contributed by atoms with E-state index in [9.17, 15) is 9.90 Å². The summed E-state index contributed by atoms with van der Waals surface area (Å²) in [5.74, 6) is -0.0312. The largest absolute Gasteiger partial charge is 0.496 e. The number of rotatable bonds is 7. The summed E-state index contributed by atoms with van der Waals surface area (Å²) in [6.45, 7) is 7.40. The molecular formula is C15H23NO3. The summed E-state index contributed by atoms with van der Waals surface area (Å²) in [6.07, 6.45) is 0.460. The molecule has 1 N–H and O–H groups in total. The Morgan fingerprint density at radius 3 is 2.47 bits per heavy atom. The highest BCUT2D eigenvalue weighted by atomic mass is 16.5. The Bertz CT molecular complexity index is 427. The minimum atomic E-state index is -0.785. The second kappa shape index (κ2) is 7.14. The third kappa shape index (κ3) is 3.96. The number of carboxylic acids is 1. The maximum absolute atomic E-state index is 11.5. The quantitative estimate of drug-likeness (QED) is 0.822. The number of carboxylic acid groups (broad SMARTS) is 1. The Kier molecular flexibility index (Phi) is 5.83. The lowest BCUT2D eigenvalue weighted by Gasteiger charge is -2.26. The Morgan fingerprint density at radius 2 is 2.00 bits per heavy atom. The molecule has 0 saturated heterocycles. The van der Waals surface area contributed by atoms with Crippen molar-refractivity contribution in [1.82, 2.24) is 4.90 Å². The molecular weight excluding hydrogens is 242 g/mol. The van der Waals surface area contributed by atoms with Crippen molar-refractivity contribution in [2.75, 3.05) is 20.2 Å². The van der Waals surface area contributed by atoms with Gasteiger partial charge in [-0.1, -0.05) is 31.5 Å². The maximum atomic E-state index is 11.5. The number of aliphatic carboxylic acids is 1. The normalized spacial score (nSPS) is 12.5. The van der Waals surface area contributed by atoms with Crippen molar-refractivity contribution in [3.8, 4) is 5.75 Å². The van der Waals surface area contributed by atoms with E-state index < -0.39 is 12.0 Å².